The molecule has 2 aromatic carbocycles. The van der Waals surface area contributed by atoms with Gasteiger partial charge < -0.3 is 69.6 Å². The number of aromatic hydroxyl groups is 1. The van der Waals surface area contributed by atoms with Crippen molar-refractivity contribution in [2.45, 2.75) is 73.9 Å². The number of ketones is 1. The number of fused-ring (bicyclic) bond motifs is 1. The largest absolute Gasteiger partial charge is 0.504 e. The maximum absolute atomic E-state index is 12.9. The van der Waals surface area contributed by atoms with Gasteiger partial charge in [0.1, 0.15) is 66.4 Å². The fourth-order valence-electron chi connectivity index (χ4n) is 4.98. The summed E-state index contributed by atoms with van der Waals surface area (Å²) in [5, 5.41) is 89.7. The third kappa shape index (κ3) is 5.76. The van der Waals surface area contributed by atoms with Gasteiger partial charge in [0.15, 0.2) is 17.3 Å². The van der Waals surface area contributed by atoms with E-state index < -0.39 is 80.7 Å². The molecule has 0 bridgehead atoms. The summed E-state index contributed by atoms with van der Waals surface area (Å²) in [7, 11) is 0. The molecule has 9 N–H and O–H groups in total. The molecule has 0 unspecified atom stereocenters. The van der Waals surface area contributed by atoms with Crippen LogP contribution in [0.1, 0.15) is 28.4 Å². The summed E-state index contributed by atoms with van der Waals surface area (Å²) < 4.78 is 27.9. The lowest BCUT2D eigenvalue weighted by atomic mass is 9.96. The molecule has 0 amide bonds. The number of aliphatic hydroxyl groups is 8. The minimum absolute atomic E-state index is 0.0869. The Bertz CT molecular complexity index is 1270. The van der Waals surface area contributed by atoms with Crippen LogP contribution < -0.4 is 14.2 Å². The van der Waals surface area contributed by atoms with Gasteiger partial charge in [0.2, 0.25) is 12.6 Å². The minimum atomic E-state index is -1.72. The Kier molecular flexibility index (Phi) is 8.86. The molecule has 230 valence electrons. The number of phenolic OH excluding ortho intramolecular Hbond substituents is 1. The molecule has 0 aliphatic carbocycles. The van der Waals surface area contributed by atoms with Crippen molar-refractivity contribution in [2.75, 3.05) is 13.2 Å². The lowest BCUT2D eigenvalue weighted by molar-refractivity contribution is -0.277. The standard InChI is InChI=1S/C27H32O15/c28-8-18-20(32)22(34)24(36)26(41-18)38-11-2-3-12-14(31)7-15(39-16(12)6-11)10-1-4-13(30)17(5-10)40-27-25(37)23(35)21(33)19(9-29)42-27/h1-6,15,18-30,32-37H,7-9H2/t15-,18+,19+,20-,21-,22-,23-,24+,25+,26+,27+/m0/s1. The Hall–Kier alpha value is -3.09. The predicted molar refractivity (Wildman–Crippen MR) is 136 cm³/mol. The average Bonchev–Trinajstić information content (AvgIpc) is 2.98. The second kappa shape index (κ2) is 12.3. The van der Waals surface area contributed by atoms with E-state index in [1.165, 1.54) is 36.4 Å². The summed E-state index contributed by atoms with van der Waals surface area (Å²) in [5.41, 5.74) is 0.621. The molecular weight excluding hydrogens is 564 g/mol. The van der Waals surface area contributed by atoms with Gasteiger partial charge in [-0.2, -0.15) is 0 Å². The Morgan fingerprint density at radius 2 is 1.33 bits per heavy atom. The van der Waals surface area contributed by atoms with Crippen molar-refractivity contribution in [2.24, 2.45) is 0 Å². The number of carbonyl (C=O) groups excluding carboxylic acids is 1. The van der Waals surface area contributed by atoms with Crippen LogP contribution in [0.25, 0.3) is 0 Å². The number of hydrogen-bond acceptors (Lipinski definition) is 15. The zero-order chi connectivity index (χ0) is 30.3. The first kappa shape index (κ1) is 30.4. The third-order valence-corrected chi connectivity index (χ3v) is 7.44. The fourth-order valence-corrected chi connectivity index (χ4v) is 4.98. The van der Waals surface area contributed by atoms with E-state index in [1.54, 1.807) is 0 Å². The first-order valence-electron chi connectivity index (χ1n) is 13.1. The lowest BCUT2D eigenvalue weighted by Gasteiger charge is -2.39. The summed E-state index contributed by atoms with van der Waals surface area (Å²) in [6.07, 6.45) is -16.2. The average molecular weight is 597 g/mol. The SMILES string of the molecule is O=C1C[C@@H](c2ccc(O)c(O[C@@H]3O[C@H](CO)[C@H](O)[C@H](O)[C@H]3O)c2)Oc2cc(O[C@@H]3O[C@H](CO)[C@H](O)[C@H](O)[C@H]3O)ccc21. The van der Waals surface area contributed by atoms with Gasteiger partial charge in [0, 0.05) is 6.07 Å². The number of benzene rings is 2. The van der Waals surface area contributed by atoms with Crippen LogP contribution in [0.3, 0.4) is 0 Å². The van der Waals surface area contributed by atoms with E-state index in [0.717, 1.165) is 0 Å². The van der Waals surface area contributed by atoms with Gasteiger partial charge in [-0.15, -0.1) is 0 Å². The number of Topliss-reactive ketones (excluding diaryl/α,β-unsaturated/α-hetero) is 1. The number of aliphatic hydroxyl groups excluding tert-OH is 8. The highest BCUT2D eigenvalue weighted by Gasteiger charge is 2.46. The predicted octanol–water partition coefficient (Wildman–Crippen LogP) is -2.54. The van der Waals surface area contributed by atoms with Crippen LogP contribution in [0.4, 0.5) is 0 Å². The second-order valence-electron chi connectivity index (χ2n) is 10.2. The highest BCUT2D eigenvalue weighted by atomic mass is 16.7. The highest BCUT2D eigenvalue weighted by Crippen LogP contribution is 2.40. The number of ether oxygens (including phenoxy) is 5. The fraction of sp³-hybridized carbons (Fsp3) is 0.519. The molecule has 11 atom stereocenters. The molecule has 5 rings (SSSR count). The molecule has 0 spiro atoms. The first-order chi connectivity index (χ1) is 20.0. The number of hydrogen-bond donors (Lipinski definition) is 9. The molecule has 15 nitrogen and oxygen atoms in total. The number of rotatable bonds is 7. The van der Waals surface area contributed by atoms with Crippen LogP contribution in [0.5, 0.6) is 23.0 Å². The van der Waals surface area contributed by atoms with Crippen molar-refractivity contribution in [3.05, 3.63) is 47.5 Å². The molecule has 0 radical (unpaired) electrons. The highest BCUT2D eigenvalue weighted by molar-refractivity contribution is 6.00. The summed E-state index contributed by atoms with van der Waals surface area (Å²) in [6, 6.07) is 8.32. The molecule has 2 fully saturated rings. The molecular formula is C27H32O15. The van der Waals surface area contributed by atoms with Crippen molar-refractivity contribution in [1.82, 2.24) is 0 Å². The molecule has 42 heavy (non-hydrogen) atoms. The van der Waals surface area contributed by atoms with E-state index in [-0.39, 0.29) is 40.8 Å². The monoisotopic (exact) mass is 596 g/mol. The first-order valence-corrected chi connectivity index (χ1v) is 13.1. The van der Waals surface area contributed by atoms with Crippen molar-refractivity contribution < 1.29 is 74.4 Å². The van der Waals surface area contributed by atoms with Crippen LogP contribution in [0.2, 0.25) is 0 Å². The molecule has 3 aliphatic heterocycles. The van der Waals surface area contributed by atoms with Gasteiger partial charge in [-0.3, -0.25) is 4.79 Å². The van der Waals surface area contributed by atoms with E-state index >= 15 is 0 Å². The zero-order valence-corrected chi connectivity index (χ0v) is 21.9. The van der Waals surface area contributed by atoms with Crippen molar-refractivity contribution in [3.63, 3.8) is 0 Å². The van der Waals surface area contributed by atoms with E-state index in [2.05, 4.69) is 0 Å². The van der Waals surface area contributed by atoms with Gasteiger partial charge in [0.05, 0.1) is 25.2 Å². The van der Waals surface area contributed by atoms with Gasteiger partial charge in [-0.05, 0) is 29.8 Å². The maximum Gasteiger partial charge on any atom is 0.229 e. The molecule has 2 saturated heterocycles. The molecule has 3 heterocycles. The van der Waals surface area contributed by atoms with Gasteiger partial charge >= 0.3 is 0 Å². The zero-order valence-electron chi connectivity index (χ0n) is 21.9. The summed E-state index contributed by atoms with van der Waals surface area (Å²) in [4.78, 5) is 12.9. The van der Waals surface area contributed by atoms with Gasteiger partial charge in [-0.25, -0.2) is 0 Å². The van der Waals surface area contributed by atoms with E-state index in [9.17, 15) is 50.8 Å². The Balaban J connectivity index is 1.33. The minimum Gasteiger partial charge on any atom is -0.504 e. The number of phenols is 1. The van der Waals surface area contributed by atoms with Crippen molar-refractivity contribution >= 4 is 5.78 Å². The third-order valence-electron chi connectivity index (χ3n) is 7.44. The summed E-state index contributed by atoms with van der Waals surface area (Å²) >= 11 is 0. The van der Waals surface area contributed by atoms with Crippen LogP contribution >= 0.6 is 0 Å². The maximum atomic E-state index is 12.9. The Labute approximate surface area is 238 Å². The summed E-state index contributed by atoms with van der Waals surface area (Å²) in [6.45, 7) is -1.31. The van der Waals surface area contributed by atoms with Gasteiger partial charge in [-0.1, -0.05) is 6.07 Å². The molecule has 2 aromatic rings. The topological polar surface area (TPSA) is 245 Å². The Morgan fingerprint density at radius 1 is 0.738 bits per heavy atom. The van der Waals surface area contributed by atoms with E-state index in [4.69, 9.17) is 23.7 Å². The van der Waals surface area contributed by atoms with Crippen LogP contribution in [-0.2, 0) is 9.47 Å². The number of carbonyl (C=O) groups is 1. The van der Waals surface area contributed by atoms with Crippen molar-refractivity contribution in [3.8, 4) is 23.0 Å². The molecule has 0 saturated carbocycles. The molecule has 15 heteroatoms. The van der Waals surface area contributed by atoms with Crippen molar-refractivity contribution in [1.29, 1.82) is 0 Å². The van der Waals surface area contributed by atoms with Gasteiger partial charge in [0.25, 0.3) is 0 Å². The van der Waals surface area contributed by atoms with Crippen LogP contribution in [0.15, 0.2) is 36.4 Å². The van der Waals surface area contributed by atoms with Crippen LogP contribution in [0, 0.1) is 0 Å². The van der Waals surface area contributed by atoms with E-state index in [1.807, 2.05) is 0 Å². The second-order valence-corrected chi connectivity index (χ2v) is 10.2. The lowest BCUT2D eigenvalue weighted by Crippen LogP contribution is -2.60. The van der Waals surface area contributed by atoms with Crippen LogP contribution in [-0.4, -0.2) is 126 Å². The normalized spacial score (nSPS) is 36.6. The Morgan fingerprint density at radius 3 is 1.93 bits per heavy atom. The quantitative estimate of drug-likeness (QED) is 0.160. The van der Waals surface area contributed by atoms with E-state index in [0.29, 0.717) is 5.56 Å². The summed E-state index contributed by atoms with van der Waals surface area (Å²) in [5.74, 6) is -0.649. The molecule has 0 aromatic heterocycles. The molecule has 3 aliphatic rings. The smallest absolute Gasteiger partial charge is 0.229 e.